The first-order valence-electron chi connectivity index (χ1n) is 6.58. The molecule has 0 spiro atoms. The van der Waals surface area contributed by atoms with Crippen LogP contribution in [0.1, 0.15) is 19.4 Å². The van der Waals surface area contributed by atoms with Gasteiger partial charge in [-0.05, 0) is 38.9 Å². The van der Waals surface area contributed by atoms with E-state index in [1.54, 1.807) is 19.2 Å². The van der Waals surface area contributed by atoms with Crippen LogP contribution in [0.3, 0.4) is 0 Å². The molecule has 0 saturated heterocycles. The lowest BCUT2D eigenvalue weighted by molar-refractivity contribution is -0.386. The van der Waals surface area contributed by atoms with Gasteiger partial charge in [-0.2, -0.15) is 0 Å². The van der Waals surface area contributed by atoms with Crippen molar-refractivity contribution < 1.29 is 14.4 Å². The number of hydrogen-bond acceptors (Lipinski definition) is 5. The van der Waals surface area contributed by atoms with Gasteiger partial charge in [0.1, 0.15) is 0 Å². The zero-order valence-corrected chi connectivity index (χ0v) is 12.4. The fraction of sp³-hybridized carbons (Fsp3) is 0.571. The number of nitrogens with one attached hydrogen (secondary N) is 1. The fourth-order valence-corrected chi connectivity index (χ4v) is 1.91. The lowest BCUT2D eigenvalue weighted by Gasteiger charge is -2.16. The Hall–Kier alpha value is -1.66. The number of benzene rings is 1. The monoisotopic (exact) mass is 282 g/mol. The quantitative estimate of drug-likeness (QED) is 0.584. The molecule has 0 aliphatic heterocycles. The Morgan fingerprint density at radius 1 is 1.40 bits per heavy atom. The number of rotatable bonds is 8. The molecule has 0 aliphatic rings. The van der Waals surface area contributed by atoms with E-state index in [0.29, 0.717) is 12.4 Å². The molecule has 0 aromatic heterocycles. The number of nitro groups is 1. The third-order valence-corrected chi connectivity index (χ3v) is 2.84. The molecule has 0 bridgehead atoms. The predicted molar refractivity (Wildman–Crippen MR) is 77.3 cm³/mol. The summed E-state index contributed by atoms with van der Waals surface area (Å²) in [5.41, 5.74) is 0.970. The fourth-order valence-electron chi connectivity index (χ4n) is 1.91. The minimum absolute atomic E-state index is 0.00445. The lowest BCUT2D eigenvalue weighted by Crippen LogP contribution is -2.32. The summed E-state index contributed by atoms with van der Waals surface area (Å²) < 4.78 is 10.7. The smallest absolute Gasteiger partial charge is 0.310 e. The predicted octanol–water partition coefficient (Wildman–Crippen LogP) is 2.16. The molecule has 6 nitrogen and oxygen atoms in total. The van der Waals surface area contributed by atoms with Crippen molar-refractivity contribution in [3.05, 3.63) is 33.9 Å². The Bertz CT molecular complexity index is 449. The molecule has 1 unspecified atom stereocenters. The normalized spacial score (nSPS) is 12.4. The van der Waals surface area contributed by atoms with Crippen LogP contribution in [0.5, 0.6) is 5.75 Å². The van der Waals surface area contributed by atoms with Crippen LogP contribution >= 0.6 is 0 Å². The molecule has 0 heterocycles. The van der Waals surface area contributed by atoms with Gasteiger partial charge in [-0.1, -0.05) is 6.07 Å². The summed E-state index contributed by atoms with van der Waals surface area (Å²) in [5, 5.41) is 14.1. The van der Waals surface area contributed by atoms with Crippen LogP contribution in [0.2, 0.25) is 0 Å². The van der Waals surface area contributed by atoms with Gasteiger partial charge in [-0.25, -0.2) is 0 Å². The van der Waals surface area contributed by atoms with Crippen molar-refractivity contribution in [1.82, 2.24) is 5.32 Å². The molecular weight excluding hydrogens is 260 g/mol. The van der Waals surface area contributed by atoms with Gasteiger partial charge in [-0.3, -0.25) is 10.1 Å². The Balaban J connectivity index is 2.96. The van der Waals surface area contributed by atoms with Gasteiger partial charge in [0.25, 0.3) is 0 Å². The van der Waals surface area contributed by atoms with Crippen molar-refractivity contribution in [3.8, 4) is 5.75 Å². The largest absolute Gasteiger partial charge is 0.484 e. The molecule has 20 heavy (non-hydrogen) atoms. The Labute approximate surface area is 119 Å². The average Bonchev–Trinajstić information content (AvgIpc) is 2.37. The van der Waals surface area contributed by atoms with Gasteiger partial charge >= 0.3 is 5.69 Å². The molecule has 6 heteroatoms. The third-order valence-electron chi connectivity index (χ3n) is 2.84. The van der Waals surface area contributed by atoms with Gasteiger partial charge in [0.05, 0.1) is 17.6 Å². The van der Waals surface area contributed by atoms with Crippen LogP contribution in [-0.4, -0.2) is 37.8 Å². The molecular formula is C14H22N2O4. The van der Waals surface area contributed by atoms with Crippen molar-refractivity contribution in [2.24, 2.45) is 0 Å². The number of likely N-dealkylation sites (N-methyl/N-ethyl adjacent to an activating group) is 1. The highest BCUT2D eigenvalue weighted by Gasteiger charge is 2.18. The summed E-state index contributed by atoms with van der Waals surface area (Å²) in [5.74, 6) is 0.315. The zero-order chi connectivity index (χ0) is 15.1. The molecule has 1 aromatic rings. The van der Waals surface area contributed by atoms with E-state index in [1.807, 2.05) is 20.9 Å². The second-order valence-electron chi connectivity index (χ2n) is 4.87. The first-order chi connectivity index (χ1) is 9.47. The summed E-state index contributed by atoms with van der Waals surface area (Å²) in [6.07, 6.45) is 0.611. The minimum atomic E-state index is -0.424. The number of nitrogens with zero attached hydrogens (tertiary/aromatic N) is 1. The van der Waals surface area contributed by atoms with Crippen molar-refractivity contribution in [2.45, 2.75) is 32.4 Å². The van der Waals surface area contributed by atoms with Crippen molar-refractivity contribution in [2.75, 3.05) is 20.8 Å². The van der Waals surface area contributed by atoms with Crippen LogP contribution in [0, 0.1) is 10.1 Å². The molecule has 0 amide bonds. The molecule has 0 aliphatic carbocycles. The van der Waals surface area contributed by atoms with E-state index in [2.05, 4.69) is 5.32 Å². The molecule has 1 N–H and O–H groups in total. The highest BCUT2D eigenvalue weighted by Crippen LogP contribution is 2.29. The molecule has 1 rings (SSSR count). The van der Waals surface area contributed by atoms with Crippen molar-refractivity contribution in [1.29, 1.82) is 0 Å². The zero-order valence-electron chi connectivity index (χ0n) is 12.4. The Morgan fingerprint density at radius 2 is 2.10 bits per heavy atom. The average molecular weight is 282 g/mol. The Morgan fingerprint density at radius 3 is 2.60 bits per heavy atom. The Kier molecular flexibility index (Phi) is 6.41. The lowest BCUT2D eigenvalue weighted by atomic mass is 10.1. The van der Waals surface area contributed by atoms with E-state index < -0.39 is 4.92 Å². The highest BCUT2D eigenvalue weighted by atomic mass is 16.6. The third kappa shape index (κ3) is 4.79. The van der Waals surface area contributed by atoms with Gasteiger partial charge in [0.15, 0.2) is 5.75 Å². The van der Waals surface area contributed by atoms with Crippen LogP contribution in [-0.2, 0) is 11.2 Å². The summed E-state index contributed by atoms with van der Waals surface area (Å²) >= 11 is 0. The van der Waals surface area contributed by atoms with E-state index in [0.717, 1.165) is 12.0 Å². The van der Waals surface area contributed by atoms with Crippen LogP contribution in [0.4, 0.5) is 5.69 Å². The maximum absolute atomic E-state index is 11.0. The van der Waals surface area contributed by atoms with E-state index in [-0.39, 0.29) is 17.8 Å². The topological polar surface area (TPSA) is 73.6 Å². The first kappa shape index (κ1) is 16.4. The van der Waals surface area contributed by atoms with Crippen LogP contribution in [0.15, 0.2) is 18.2 Å². The maximum atomic E-state index is 11.0. The van der Waals surface area contributed by atoms with Gasteiger partial charge in [-0.15, -0.1) is 0 Å². The number of methoxy groups -OCH3 is 1. The number of hydrogen-bond donors (Lipinski definition) is 1. The standard InChI is InChI=1S/C14H22N2O4/c1-10(2)20-14-8-11(5-6-13(14)16(17)18)7-12(15-3)9-19-4/h5-6,8,10,12,15H,7,9H2,1-4H3. The van der Waals surface area contributed by atoms with E-state index in [1.165, 1.54) is 6.07 Å². The number of nitro benzene ring substituents is 1. The summed E-state index contributed by atoms with van der Waals surface area (Å²) in [4.78, 5) is 10.6. The van der Waals surface area contributed by atoms with Gasteiger partial charge < -0.3 is 14.8 Å². The number of ether oxygens (including phenoxy) is 2. The molecule has 0 fully saturated rings. The minimum Gasteiger partial charge on any atom is -0.484 e. The van der Waals surface area contributed by atoms with Crippen molar-refractivity contribution >= 4 is 5.69 Å². The SMILES string of the molecule is CNC(COC)Cc1ccc([N+](=O)[O-])c(OC(C)C)c1. The summed E-state index contributed by atoms with van der Waals surface area (Å²) in [7, 11) is 3.51. The summed E-state index contributed by atoms with van der Waals surface area (Å²) in [6, 6.07) is 5.14. The molecule has 1 aromatic carbocycles. The second kappa shape index (κ2) is 7.81. The van der Waals surface area contributed by atoms with E-state index >= 15 is 0 Å². The highest BCUT2D eigenvalue weighted by molar-refractivity contribution is 5.48. The molecule has 0 radical (unpaired) electrons. The maximum Gasteiger partial charge on any atom is 0.310 e. The van der Waals surface area contributed by atoms with Gasteiger partial charge in [0, 0.05) is 19.2 Å². The molecule has 0 saturated carbocycles. The van der Waals surface area contributed by atoms with Gasteiger partial charge in [0.2, 0.25) is 0 Å². The molecule has 1 atom stereocenters. The first-order valence-corrected chi connectivity index (χ1v) is 6.58. The molecule has 112 valence electrons. The van der Waals surface area contributed by atoms with Crippen LogP contribution < -0.4 is 10.1 Å². The van der Waals surface area contributed by atoms with Crippen LogP contribution in [0.25, 0.3) is 0 Å². The summed E-state index contributed by atoms with van der Waals surface area (Å²) in [6.45, 7) is 4.27. The van der Waals surface area contributed by atoms with E-state index in [4.69, 9.17) is 9.47 Å². The van der Waals surface area contributed by atoms with Crippen molar-refractivity contribution in [3.63, 3.8) is 0 Å². The van der Waals surface area contributed by atoms with E-state index in [9.17, 15) is 10.1 Å². The second-order valence-corrected chi connectivity index (χ2v) is 4.87.